The number of nitrogens with one attached hydrogen (secondary N) is 1. The Kier molecular flexibility index (Phi) is 5.93. The quantitative estimate of drug-likeness (QED) is 0.907. The van der Waals surface area contributed by atoms with E-state index >= 15 is 0 Å². The predicted octanol–water partition coefficient (Wildman–Crippen LogP) is 2.59. The summed E-state index contributed by atoms with van der Waals surface area (Å²) in [7, 11) is 1.85. The van der Waals surface area contributed by atoms with E-state index in [0.29, 0.717) is 10.6 Å². The lowest BCUT2D eigenvalue weighted by atomic mass is 10.1. The third kappa shape index (κ3) is 3.37. The fourth-order valence-electron chi connectivity index (χ4n) is 2.15. The van der Waals surface area contributed by atoms with E-state index in [0.717, 1.165) is 25.9 Å². The van der Waals surface area contributed by atoms with Crippen LogP contribution in [0.4, 0.5) is 0 Å². The van der Waals surface area contributed by atoms with Gasteiger partial charge in [-0.15, -0.1) is 12.4 Å². The molecule has 1 heterocycles. The van der Waals surface area contributed by atoms with Crippen LogP contribution in [0.1, 0.15) is 23.2 Å². The highest BCUT2D eigenvalue weighted by Crippen LogP contribution is 2.19. The Morgan fingerprint density at radius 1 is 1.44 bits per heavy atom. The van der Waals surface area contributed by atoms with Gasteiger partial charge in [-0.3, -0.25) is 4.79 Å². The molecule has 0 unspecified atom stereocenters. The van der Waals surface area contributed by atoms with Gasteiger partial charge in [-0.1, -0.05) is 23.7 Å². The molecule has 1 N–H and O–H groups in total. The Labute approximate surface area is 119 Å². The Balaban J connectivity index is 0.00000162. The summed E-state index contributed by atoms with van der Waals surface area (Å²) in [5.41, 5.74) is 0.585. The molecule has 2 rings (SSSR count). The number of hydrogen-bond acceptors (Lipinski definition) is 2. The van der Waals surface area contributed by atoms with Gasteiger partial charge >= 0.3 is 0 Å². The molecule has 0 spiro atoms. The first-order chi connectivity index (χ1) is 8.20. The van der Waals surface area contributed by atoms with E-state index in [1.807, 2.05) is 19.2 Å². The molecular formula is C13H18Cl2N2O. The zero-order valence-electron chi connectivity index (χ0n) is 10.4. The molecule has 0 aliphatic carbocycles. The number of piperidine rings is 1. The number of hydrogen-bond donors (Lipinski definition) is 1. The maximum atomic E-state index is 12.3. The normalized spacial score (nSPS) is 18.9. The molecule has 1 amide bonds. The summed E-state index contributed by atoms with van der Waals surface area (Å²) in [6, 6.07) is 7.47. The average Bonchev–Trinajstić information content (AvgIpc) is 2.39. The lowest BCUT2D eigenvalue weighted by molar-refractivity contribution is 0.0708. The lowest BCUT2D eigenvalue weighted by Crippen LogP contribution is -2.46. The zero-order valence-corrected chi connectivity index (χ0v) is 11.9. The Morgan fingerprint density at radius 2 is 2.17 bits per heavy atom. The van der Waals surface area contributed by atoms with E-state index in [1.54, 1.807) is 17.0 Å². The first kappa shape index (κ1) is 15.3. The van der Waals surface area contributed by atoms with Crippen molar-refractivity contribution in [1.82, 2.24) is 10.2 Å². The van der Waals surface area contributed by atoms with Gasteiger partial charge in [0.15, 0.2) is 0 Å². The van der Waals surface area contributed by atoms with Crippen molar-refractivity contribution in [1.29, 1.82) is 0 Å². The molecular weight excluding hydrogens is 271 g/mol. The number of rotatable bonds is 2. The van der Waals surface area contributed by atoms with E-state index in [2.05, 4.69) is 5.32 Å². The van der Waals surface area contributed by atoms with Crippen molar-refractivity contribution in [3.05, 3.63) is 34.9 Å². The number of amides is 1. The molecule has 18 heavy (non-hydrogen) atoms. The summed E-state index contributed by atoms with van der Waals surface area (Å²) in [6.07, 6.45) is 2.17. The summed E-state index contributed by atoms with van der Waals surface area (Å²) in [4.78, 5) is 14.1. The molecule has 0 aromatic heterocycles. The van der Waals surface area contributed by atoms with Crippen molar-refractivity contribution in [2.45, 2.75) is 18.9 Å². The van der Waals surface area contributed by atoms with Crippen LogP contribution in [0.15, 0.2) is 24.3 Å². The lowest BCUT2D eigenvalue weighted by Gasteiger charge is -2.31. The summed E-state index contributed by atoms with van der Waals surface area (Å²) in [5, 5.41) is 3.83. The summed E-state index contributed by atoms with van der Waals surface area (Å²) in [6.45, 7) is 1.91. The summed E-state index contributed by atoms with van der Waals surface area (Å²) < 4.78 is 0. The topological polar surface area (TPSA) is 32.3 Å². The van der Waals surface area contributed by atoms with E-state index in [1.165, 1.54) is 0 Å². The third-order valence-corrected chi connectivity index (χ3v) is 3.57. The van der Waals surface area contributed by atoms with Gasteiger partial charge in [-0.2, -0.15) is 0 Å². The van der Waals surface area contributed by atoms with Crippen LogP contribution in [0.25, 0.3) is 0 Å². The molecule has 1 fully saturated rings. The maximum absolute atomic E-state index is 12.3. The van der Waals surface area contributed by atoms with Crippen molar-refractivity contribution < 1.29 is 4.79 Å². The van der Waals surface area contributed by atoms with Crippen molar-refractivity contribution in [2.75, 3.05) is 20.1 Å². The van der Waals surface area contributed by atoms with Gasteiger partial charge in [-0.05, 0) is 31.5 Å². The largest absolute Gasteiger partial charge is 0.337 e. The minimum absolute atomic E-state index is 0. The van der Waals surface area contributed by atoms with Crippen LogP contribution in [0.5, 0.6) is 0 Å². The molecule has 1 atom stereocenters. The third-order valence-electron chi connectivity index (χ3n) is 3.24. The number of halogens is 2. The molecule has 0 bridgehead atoms. The highest BCUT2D eigenvalue weighted by molar-refractivity contribution is 6.33. The predicted molar refractivity (Wildman–Crippen MR) is 76.7 cm³/mol. The van der Waals surface area contributed by atoms with Crippen LogP contribution in [0.3, 0.4) is 0 Å². The Morgan fingerprint density at radius 3 is 2.78 bits per heavy atom. The highest BCUT2D eigenvalue weighted by Gasteiger charge is 2.23. The molecule has 0 radical (unpaired) electrons. The fourth-order valence-corrected chi connectivity index (χ4v) is 2.37. The highest BCUT2D eigenvalue weighted by atomic mass is 35.5. The van der Waals surface area contributed by atoms with Gasteiger partial charge in [0.05, 0.1) is 10.6 Å². The summed E-state index contributed by atoms with van der Waals surface area (Å²) >= 11 is 6.04. The van der Waals surface area contributed by atoms with Gasteiger partial charge in [0.2, 0.25) is 0 Å². The van der Waals surface area contributed by atoms with Gasteiger partial charge in [0, 0.05) is 19.6 Å². The first-order valence-corrected chi connectivity index (χ1v) is 6.30. The SMILES string of the molecule is CN(C(=O)c1ccccc1Cl)[C@@H]1CCCNC1.Cl. The molecule has 1 aromatic rings. The van der Waals surface area contributed by atoms with Crippen molar-refractivity contribution in [3.63, 3.8) is 0 Å². The van der Waals surface area contributed by atoms with E-state index in [-0.39, 0.29) is 24.4 Å². The molecule has 3 nitrogen and oxygen atoms in total. The fraction of sp³-hybridized carbons (Fsp3) is 0.462. The molecule has 1 aromatic carbocycles. The number of nitrogens with zero attached hydrogens (tertiary/aromatic N) is 1. The number of benzene rings is 1. The molecule has 1 aliphatic heterocycles. The van der Waals surface area contributed by atoms with Crippen LogP contribution < -0.4 is 5.32 Å². The average molecular weight is 289 g/mol. The minimum atomic E-state index is 0. The van der Waals surface area contributed by atoms with Gasteiger partial charge in [-0.25, -0.2) is 0 Å². The smallest absolute Gasteiger partial charge is 0.255 e. The first-order valence-electron chi connectivity index (χ1n) is 5.92. The van der Waals surface area contributed by atoms with Gasteiger partial charge in [0.1, 0.15) is 0 Å². The second kappa shape index (κ2) is 6.98. The monoisotopic (exact) mass is 288 g/mol. The standard InChI is InChI=1S/C13H17ClN2O.ClH/c1-16(10-5-4-8-15-9-10)13(17)11-6-2-3-7-12(11)14;/h2-3,6-7,10,15H,4-5,8-9H2,1H3;1H/t10-;/m1./s1. The van der Waals surface area contributed by atoms with Crippen LogP contribution in [0, 0.1) is 0 Å². The Hall–Kier alpha value is -0.770. The number of carbonyl (C=O) groups is 1. The molecule has 1 saturated heterocycles. The second-order valence-electron chi connectivity index (χ2n) is 4.40. The zero-order chi connectivity index (χ0) is 12.3. The van der Waals surface area contributed by atoms with Crippen LogP contribution in [0.2, 0.25) is 5.02 Å². The van der Waals surface area contributed by atoms with E-state index in [4.69, 9.17) is 11.6 Å². The van der Waals surface area contributed by atoms with Crippen LogP contribution in [-0.2, 0) is 0 Å². The Bertz CT molecular complexity index is 406. The summed E-state index contributed by atoms with van der Waals surface area (Å²) in [5.74, 6) is 0.00398. The van der Waals surface area contributed by atoms with E-state index < -0.39 is 0 Å². The van der Waals surface area contributed by atoms with Crippen molar-refractivity contribution in [2.24, 2.45) is 0 Å². The minimum Gasteiger partial charge on any atom is -0.337 e. The molecule has 0 saturated carbocycles. The molecule has 1 aliphatic rings. The van der Waals surface area contributed by atoms with Gasteiger partial charge in [0.25, 0.3) is 5.91 Å². The number of likely N-dealkylation sites (N-methyl/N-ethyl adjacent to an activating group) is 1. The maximum Gasteiger partial charge on any atom is 0.255 e. The van der Waals surface area contributed by atoms with Crippen molar-refractivity contribution >= 4 is 29.9 Å². The van der Waals surface area contributed by atoms with Gasteiger partial charge < -0.3 is 10.2 Å². The second-order valence-corrected chi connectivity index (χ2v) is 4.80. The molecule has 100 valence electrons. The van der Waals surface area contributed by atoms with Crippen molar-refractivity contribution in [3.8, 4) is 0 Å². The van der Waals surface area contributed by atoms with Crippen LogP contribution in [-0.4, -0.2) is 37.0 Å². The van der Waals surface area contributed by atoms with Crippen LogP contribution >= 0.6 is 24.0 Å². The number of carbonyl (C=O) groups excluding carboxylic acids is 1. The van der Waals surface area contributed by atoms with E-state index in [9.17, 15) is 4.79 Å². The molecule has 5 heteroatoms.